The van der Waals surface area contributed by atoms with Crippen LogP contribution in [-0.4, -0.2) is 45.0 Å². The molecule has 0 unspecified atom stereocenters. The van der Waals surface area contributed by atoms with E-state index in [1.54, 1.807) is 6.07 Å². The van der Waals surface area contributed by atoms with Crippen molar-refractivity contribution in [2.45, 2.75) is 51.0 Å². The van der Waals surface area contributed by atoms with Gasteiger partial charge in [-0.25, -0.2) is 17.1 Å². The van der Waals surface area contributed by atoms with Crippen LogP contribution >= 0.6 is 0 Å². The van der Waals surface area contributed by atoms with Gasteiger partial charge in [-0.2, -0.15) is 0 Å². The molecule has 0 atom stereocenters. The predicted molar refractivity (Wildman–Crippen MR) is 122 cm³/mol. The van der Waals surface area contributed by atoms with Crippen LogP contribution in [0.5, 0.6) is 11.5 Å². The molecule has 0 aliphatic rings. The van der Waals surface area contributed by atoms with Gasteiger partial charge >= 0.3 is 0 Å². The molecule has 0 amide bonds. The van der Waals surface area contributed by atoms with E-state index in [2.05, 4.69) is 18.7 Å². The van der Waals surface area contributed by atoms with Crippen LogP contribution in [0.15, 0.2) is 41.3 Å². The summed E-state index contributed by atoms with van der Waals surface area (Å²) in [7, 11) is -0.964. The molecule has 2 aromatic rings. The Morgan fingerprint density at radius 1 is 1.00 bits per heavy atom. The van der Waals surface area contributed by atoms with Crippen molar-refractivity contribution < 1.29 is 22.7 Å². The fourth-order valence-corrected chi connectivity index (χ4v) is 4.21. The molecule has 8 heteroatoms. The van der Waals surface area contributed by atoms with Gasteiger partial charge < -0.3 is 14.7 Å². The molecule has 0 heterocycles. The number of anilines is 1. The standard InChI is InChI=1S/C23H33FN2O4S/c1-5-7-13-26(14-8-6-2)21-15-18(17-27)16-22(31(28,29)25(3)4)23(21)30-20-11-9-19(24)10-12-20/h9-12,15-16,27H,5-8,13-14,17H2,1-4H3. The third-order valence-corrected chi connectivity index (χ3v) is 6.79. The molecule has 0 fully saturated rings. The topological polar surface area (TPSA) is 70.1 Å². The molecule has 172 valence electrons. The SMILES string of the molecule is CCCCN(CCCC)c1cc(CO)cc(S(=O)(=O)N(C)C)c1Oc1ccc(F)cc1. The van der Waals surface area contributed by atoms with Gasteiger partial charge in [-0.3, -0.25) is 0 Å². The van der Waals surface area contributed by atoms with Crippen molar-refractivity contribution >= 4 is 15.7 Å². The average molecular weight is 453 g/mol. The lowest BCUT2D eigenvalue weighted by Gasteiger charge is -2.29. The quantitative estimate of drug-likeness (QED) is 0.502. The third-order valence-electron chi connectivity index (χ3n) is 4.97. The Labute approximate surface area is 185 Å². The van der Waals surface area contributed by atoms with E-state index < -0.39 is 15.8 Å². The van der Waals surface area contributed by atoms with Gasteiger partial charge in [0.05, 0.1) is 12.3 Å². The molecule has 0 saturated carbocycles. The van der Waals surface area contributed by atoms with E-state index in [9.17, 15) is 17.9 Å². The summed E-state index contributed by atoms with van der Waals surface area (Å²) < 4.78 is 46.9. The molecule has 0 aliphatic carbocycles. The molecule has 0 radical (unpaired) electrons. The molecular formula is C23H33FN2O4S. The van der Waals surface area contributed by atoms with Crippen LogP contribution in [0.3, 0.4) is 0 Å². The van der Waals surface area contributed by atoms with Crippen molar-refractivity contribution in [3.05, 3.63) is 47.8 Å². The van der Waals surface area contributed by atoms with E-state index in [-0.39, 0.29) is 17.3 Å². The minimum atomic E-state index is -3.87. The molecule has 1 N–H and O–H groups in total. The van der Waals surface area contributed by atoms with Crippen LogP contribution in [-0.2, 0) is 16.6 Å². The number of aliphatic hydroxyl groups excluding tert-OH is 1. The number of ether oxygens (including phenoxy) is 1. The summed E-state index contributed by atoms with van der Waals surface area (Å²) in [5, 5.41) is 9.83. The molecule has 0 bridgehead atoms. The van der Waals surface area contributed by atoms with E-state index in [4.69, 9.17) is 4.74 Å². The number of hydrogen-bond acceptors (Lipinski definition) is 5. The van der Waals surface area contributed by atoms with E-state index >= 15 is 0 Å². The first-order chi connectivity index (χ1) is 14.7. The second-order valence-corrected chi connectivity index (χ2v) is 9.76. The lowest BCUT2D eigenvalue weighted by molar-refractivity contribution is 0.281. The summed E-state index contributed by atoms with van der Waals surface area (Å²) in [6.07, 6.45) is 3.83. The van der Waals surface area contributed by atoms with Gasteiger partial charge in [-0.05, 0) is 54.8 Å². The first kappa shape index (κ1) is 25.1. The number of benzene rings is 2. The first-order valence-electron chi connectivity index (χ1n) is 10.6. The summed E-state index contributed by atoms with van der Waals surface area (Å²) >= 11 is 0. The fraction of sp³-hybridized carbons (Fsp3) is 0.478. The summed E-state index contributed by atoms with van der Waals surface area (Å²) in [4.78, 5) is 2.08. The van der Waals surface area contributed by atoms with Gasteiger partial charge in [-0.15, -0.1) is 0 Å². The second-order valence-electron chi connectivity index (χ2n) is 7.64. The van der Waals surface area contributed by atoms with Gasteiger partial charge in [0.15, 0.2) is 5.75 Å². The number of hydrogen-bond donors (Lipinski definition) is 1. The van der Waals surface area contributed by atoms with Gasteiger partial charge in [0, 0.05) is 27.2 Å². The van der Waals surface area contributed by atoms with Gasteiger partial charge in [-0.1, -0.05) is 26.7 Å². The maximum Gasteiger partial charge on any atom is 0.246 e. The van der Waals surface area contributed by atoms with Crippen molar-refractivity contribution in [1.82, 2.24) is 4.31 Å². The molecule has 2 rings (SSSR count). The zero-order chi connectivity index (χ0) is 23.0. The third kappa shape index (κ3) is 6.41. The van der Waals surface area contributed by atoms with Crippen LogP contribution in [0.1, 0.15) is 45.1 Å². The van der Waals surface area contributed by atoms with Crippen molar-refractivity contribution in [1.29, 1.82) is 0 Å². The zero-order valence-electron chi connectivity index (χ0n) is 18.8. The molecule has 0 spiro atoms. The summed E-state index contributed by atoms with van der Waals surface area (Å²) in [5.41, 5.74) is 1.10. The van der Waals surface area contributed by atoms with E-state index in [1.807, 2.05) is 0 Å². The van der Waals surface area contributed by atoms with Crippen molar-refractivity contribution in [2.24, 2.45) is 0 Å². The second kappa shape index (κ2) is 11.5. The molecule has 0 aromatic heterocycles. The highest BCUT2D eigenvalue weighted by Crippen LogP contribution is 2.41. The number of aliphatic hydroxyl groups is 1. The number of rotatable bonds is 12. The predicted octanol–water partition coefficient (Wildman–Crippen LogP) is 4.77. The number of nitrogens with zero attached hydrogens (tertiary/aromatic N) is 2. The molecule has 0 saturated heterocycles. The number of unbranched alkanes of at least 4 members (excludes halogenated alkanes) is 2. The first-order valence-corrected chi connectivity index (χ1v) is 12.1. The van der Waals surface area contributed by atoms with E-state index in [0.29, 0.717) is 17.0 Å². The van der Waals surface area contributed by atoms with Crippen molar-refractivity contribution in [2.75, 3.05) is 32.1 Å². The highest BCUT2D eigenvalue weighted by atomic mass is 32.2. The zero-order valence-corrected chi connectivity index (χ0v) is 19.6. The maximum absolute atomic E-state index is 13.4. The number of sulfonamides is 1. The van der Waals surface area contributed by atoms with Crippen LogP contribution in [0, 0.1) is 5.82 Å². The van der Waals surface area contributed by atoms with Crippen LogP contribution < -0.4 is 9.64 Å². The number of halogens is 1. The smallest absolute Gasteiger partial charge is 0.246 e. The highest BCUT2D eigenvalue weighted by molar-refractivity contribution is 7.89. The monoisotopic (exact) mass is 452 g/mol. The Balaban J connectivity index is 2.73. The Morgan fingerprint density at radius 3 is 2.06 bits per heavy atom. The van der Waals surface area contributed by atoms with Gasteiger partial charge in [0.1, 0.15) is 16.5 Å². The Bertz CT molecular complexity index is 939. The molecule has 2 aromatic carbocycles. The summed E-state index contributed by atoms with van der Waals surface area (Å²) in [6, 6.07) is 8.68. The van der Waals surface area contributed by atoms with Gasteiger partial charge in [0.2, 0.25) is 10.0 Å². The van der Waals surface area contributed by atoms with E-state index in [1.165, 1.54) is 44.4 Å². The molecule has 6 nitrogen and oxygen atoms in total. The van der Waals surface area contributed by atoms with E-state index in [0.717, 1.165) is 43.1 Å². The Hall–Kier alpha value is -2.16. The summed E-state index contributed by atoms with van der Waals surface area (Å²) in [6.45, 7) is 5.36. The molecular weight excluding hydrogens is 419 g/mol. The maximum atomic E-state index is 13.4. The molecule has 31 heavy (non-hydrogen) atoms. The summed E-state index contributed by atoms with van der Waals surface area (Å²) in [5.74, 6) is 0.113. The average Bonchev–Trinajstić information content (AvgIpc) is 2.75. The van der Waals surface area contributed by atoms with Crippen LogP contribution in [0.4, 0.5) is 10.1 Å². The largest absolute Gasteiger partial charge is 0.454 e. The van der Waals surface area contributed by atoms with Crippen molar-refractivity contribution in [3.63, 3.8) is 0 Å². The fourth-order valence-electron chi connectivity index (χ4n) is 3.13. The van der Waals surface area contributed by atoms with Crippen molar-refractivity contribution in [3.8, 4) is 11.5 Å². The van der Waals surface area contributed by atoms with Crippen LogP contribution in [0.2, 0.25) is 0 Å². The lowest BCUT2D eigenvalue weighted by atomic mass is 10.1. The Kier molecular flexibility index (Phi) is 9.28. The normalized spacial score (nSPS) is 11.7. The van der Waals surface area contributed by atoms with Gasteiger partial charge in [0.25, 0.3) is 0 Å². The minimum Gasteiger partial charge on any atom is -0.454 e. The Morgan fingerprint density at radius 2 is 1.58 bits per heavy atom. The minimum absolute atomic E-state index is 0.0265. The van der Waals surface area contributed by atoms with Crippen LogP contribution in [0.25, 0.3) is 0 Å². The molecule has 0 aliphatic heterocycles. The highest BCUT2D eigenvalue weighted by Gasteiger charge is 2.28. The lowest BCUT2D eigenvalue weighted by Crippen LogP contribution is -2.28.